The van der Waals surface area contributed by atoms with Gasteiger partial charge in [0.25, 0.3) is 5.91 Å². The fraction of sp³-hybridized carbons (Fsp3) is 0.222. The number of carbonyl (C=O) groups is 2. The SMILES string of the molecule is COc1cc(/C=C/C(=O)OCC(=O)NCc2ccco2)ccc1OC(F)F. The van der Waals surface area contributed by atoms with Crippen LogP contribution >= 0.6 is 0 Å². The van der Waals surface area contributed by atoms with Crippen molar-refractivity contribution in [3.05, 3.63) is 54.0 Å². The number of hydrogen-bond donors (Lipinski definition) is 1. The molecule has 2 rings (SSSR count). The summed E-state index contributed by atoms with van der Waals surface area (Å²) in [5, 5.41) is 2.53. The molecule has 0 unspecified atom stereocenters. The van der Waals surface area contributed by atoms with Gasteiger partial charge in [-0.05, 0) is 35.9 Å². The summed E-state index contributed by atoms with van der Waals surface area (Å²) in [4.78, 5) is 23.2. The standard InChI is InChI=1S/C18H17F2NO6/c1-24-15-9-12(4-6-14(15)27-18(19)20)5-7-17(23)26-11-16(22)21-10-13-3-2-8-25-13/h2-9,18H,10-11H2,1H3,(H,21,22)/b7-5+. The first kappa shape index (κ1) is 20.0. The Hall–Kier alpha value is -3.36. The van der Waals surface area contributed by atoms with Crippen molar-refractivity contribution in [1.29, 1.82) is 0 Å². The van der Waals surface area contributed by atoms with E-state index in [1.54, 1.807) is 12.1 Å². The third-order valence-electron chi connectivity index (χ3n) is 3.20. The van der Waals surface area contributed by atoms with E-state index in [9.17, 15) is 18.4 Å². The van der Waals surface area contributed by atoms with Crippen LogP contribution in [-0.2, 0) is 20.9 Å². The van der Waals surface area contributed by atoms with Crippen LogP contribution in [-0.4, -0.2) is 32.2 Å². The fourth-order valence-electron chi connectivity index (χ4n) is 1.98. The molecule has 144 valence electrons. The third kappa shape index (κ3) is 6.81. The van der Waals surface area contributed by atoms with E-state index in [4.69, 9.17) is 13.9 Å². The monoisotopic (exact) mass is 381 g/mol. The van der Waals surface area contributed by atoms with Gasteiger partial charge in [-0.1, -0.05) is 6.07 Å². The Morgan fingerprint density at radius 2 is 2.07 bits per heavy atom. The van der Waals surface area contributed by atoms with Gasteiger partial charge in [-0.3, -0.25) is 4.79 Å². The van der Waals surface area contributed by atoms with Gasteiger partial charge < -0.3 is 23.9 Å². The second-order valence-electron chi connectivity index (χ2n) is 5.09. The van der Waals surface area contributed by atoms with Crippen LogP contribution in [0.3, 0.4) is 0 Å². The van der Waals surface area contributed by atoms with E-state index in [0.717, 1.165) is 6.08 Å². The summed E-state index contributed by atoms with van der Waals surface area (Å²) < 4.78 is 43.7. The molecule has 1 N–H and O–H groups in total. The number of hydrogen-bond acceptors (Lipinski definition) is 6. The molecule has 9 heteroatoms. The Kier molecular flexibility index (Phi) is 7.36. The zero-order chi connectivity index (χ0) is 19.6. The maximum atomic E-state index is 12.3. The minimum absolute atomic E-state index is 0.0862. The summed E-state index contributed by atoms with van der Waals surface area (Å²) in [5.41, 5.74) is 0.493. The number of ether oxygens (including phenoxy) is 3. The van der Waals surface area contributed by atoms with Crippen molar-refractivity contribution in [1.82, 2.24) is 5.32 Å². The molecular weight excluding hydrogens is 364 g/mol. The van der Waals surface area contributed by atoms with Crippen LogP contribution in [0.25, 0.3) is 6.08 Å². The predicted molar refractivity (Wildman–Crippen MR) is 90.2 cm³/mol. The lowest BCUT2D eigenvalue weighted by atomic mass is 10.2. The molecule has 0 spiro atoms. The van der Waals surface area contributed by atoms with Gasteiger partial charge in [-0.2, -0.15) is 8.78 Å². The molecular formula is C18H17F2NO6. The van der Waals surface area contributed by atoms with E-state index in [1.165, 1.54) is 37.6 Å². The Morgan fingerprint density at radius 3 is 2.74 bits per heavy atom. The number of alkyl halides is 2. The molecule has 0 aliphatic heterocycles. The van der Waals surface area contributed by atoms with Crippen molar-refractivity contribution in [3.63, 3.8) is 0 Å². The maximum absolute atomic E-state index is 12.3. The molecule has 0 atom stereocenters. The van der Waals surface area contributed by atoms with Gasteiger partial charge in [0.05, 0.1) is 19.9 Å². The van der Waals surface area contributed by atoms with Gasteiger partial charge in [0.15, 0.2) is 18.1 Å². The van der Waals surface area contributed by atoms with Gasteiger partial charge in [0, 0.05) is 6.08 Å². The van der Waals surface area contributed by atoms with Crippen molar-refractivity contribution in [2.24, 2.45) is 0 Å². The molecule has 1 heterocycles. The molecule has 7 nitrogen and oxygen atoms in total. The molecule has 27 heavy (non-hydrogen) atoms. The highest BCUT2D eigenvalue weighted by molar-refractivity contribution is 5.89. The Balaban J connectivity index is 1.82. The van der Waals surface area contributed by atoms with Crippen LogP contribution in [0.2, 0.25) is 0 Å². The molecule has 2 aromatic rings. The summed E-state index contributed by atoms with van der Waals surface area (Å²) >= 11 is 0. The van der Waals surface area contributed by atoms with E-state index in [-0.39, 0.29) is 18.0 Å². The van der Waals surface area contributed by atoms with E-state index >= 15 is 0 Å². The second-order valence-corrected chi connectivity index (χ2v) is 5.09. The number of esters is 1. The quantitative estimate of drug-likeness (QED) is 0.531. The highest BCUT2D eigenvalue weighted by Crippen LogP contribution is 2.29. The first-order chi connectivity index (χ1) is 13.0. The number of amides is 1. The summed E-state index contributed by atoms with van der Waals surface area (Å²) in [7, 11) is 1.30. The lowest BCUT2D eigenvalue weighted by molar-refractivity contribution is -0.143. The summed E-state index contributed by atoms with van der Waals surface area (Å²) in [5.74, 6) is -0.690. The van der Waals surface area contributed by atoms with Crippen LogP contribution in [0.1, 0.15) is 11.3 Å². The molecule has 1 aromatic carbocycles. The van der Waals surface area contributed by atoms with Crippen molar-refractivity contribution in [2.75, 3.05) is 13.7 Å². The lowest BCUT2D eigenvalue weighted by Crippen LogP contribution is -2.27. The highest BCUT2D eigenvalue weighted by Gasteiger charge is 2.11. The van der Waals surface area contributed by atoms with Gasteiger partial charge in [-0.25, -0.2) is 4.79 Å². The largest absolute Gasteiger partial charge is 0.493 e. The van der Waals surface area contributed by atoms with Crippen LogP contribution in [0.15, 0.2) is 47.1 Å². The molecule has 0 radical (unpaired) electrons. The van der Waals surface area contributed by atoms with Gasteiger partial charge in [0.2, 0.25) is 0 Å². The van der Waals surface area contributed by atoms with Gasteiger partial charge in [0.1, 0.15) is 5.76 Å². The van der Waals surface area contributed by atoms with E-state index in [2.05, 4.69) is 10.1 Å². The van der Waals surface area contributed by atoms with E-state index in [1.807, 2.05) is 0 Å². The summed E-state index contributed by atoms with van der Waals surface area (Å²) in [6, 6.07) is 7.55. The number of nitrogens with one attached hydrogen (secondary N) is 1. The third-order valence-corrected chi connectivity index (χ3v) is 3.20. The van der Waals surface area contributed by atoms with Gasteiger partial charge in [-0.15, -0.1) is 0 Å². The van der Waals surface area contributed by atoms with E-state index < -0.39 is 25.1 Å². The van der Waals surface area contributed by atoms with Crippen molar-refractivity contribution in [2.45, 2.75) is 13.2 Å². The van der Waals surface area contributed by atoms with Crippen LogP contribution in [0, 0.1) is 0 Å². The number of methoxy groups -OCH3 is 1. The average molecular weight is 381 g/mol. The number of furan rings is 1. The molecule has 0 fully saturated rings. The summed E-state index contributed by atoms with van der Waals surface area (Å²) in [6.07, 6.45) is 3.97. The molecule has 1 amide bonds. The molecule has 0 aliphatic rings. The van der Waals surface area contributed by atoms with Crippen molar-refractivity contribution in [3.8, 4) is 11.5 Å². The topological polar surface area (TPSA) is 87.0 Å². The first-order valence-corrected chi connectivity index (χ1v) is 7.74. The smallest absolute Gasteiger partial charge is 0.387 e. The normalized spacial score (nSPS) is 10.8. The number of carbonyl (C=O) groups excluding carboxylic acids is 2. The van der Waals surface area contributed by atoms with Gasteiger partial charge >= 0.3 is 12.6 Å². The predicted octanol–water partition coefficient (Wildman–Crippen LogP) is 2.76. The minimum Gasteiger partial charge on any atom is -0.493 e. The first-order valence-electron chi connectivity index (χ1n) is 7.74. The van der Waals surface area contributed by atoms with Crippen molar-refractivity contribution >= 4 is 18.0 Å². The molecule has 0 saturated carbocycles. The minimum atomic E-state index is -2.98. The lowest BCUT2D eigenvalue weighted by Gasteiger charge is -2.10. The second kappa shape index (κ2) is 9.95. The zero-order valence-corrected chi connectivity index (χ0v) is 14.3. The van der Waals surface area contributed by atoms with Crippen LogP contribution in [0.4, 0.5) is 8.78 Å². The Morgan fingerprint density at radius 1 is 1.26 bits per heavy atom. The zero-order valence-electron chi connectivity index (χ0n) is 14.3. The number of rotatable bonds is 9. The molecule has 0 saturated heterocycles. The maximum Gasteiger partial charge on any atom is 0.387 e. The molecule has 1 aromatic heterocycles. The summed E-state index contributed by atoms with van der Waals surface area (Å²) in [6.45, 7) is -3.24. The molecule has 0 aliphatic carbocycles. The fourth-order valence-corrected chi connectivity index (χ4v) is 1.98. The molecule has 0 bridgehead atoms. The van der Waals surface area contributed by atoms with Crippen molar-refractivity contribution < 1.29 is 37.0 Å². The highest BCUT2D eigenvalue weighted by atomic mass is 19.3. The van der Waals surface area contributed by atoms with Crippen LogP contribution < -0.4 is 14.8 Å². The Bertz CT molecular complexity index is 789. The number of halogens is 2. The average Bonchev–Trinajstić information content (AvgIpc) is 3.17. The van der Waals surface area contributed by atoms with E-state index in [0.29, 0.717) is 11.3 Å². The Labute approximate surface area is 153 Å². The number of benzene rings is 1. The van der Waals surface area contributed by atoms with Crippen LogP contribution in [0.5, 0.6) is 11.5 Å².